The Labute approximate surface area is 312 Å². The van der Waals surface area contributed by atoms with Gasteiger partial charge in [0.15, 0.2) is 69.7 Å². The molecule has 0 aliphatic rings. The molecule has 0 spiro atoms. The molecule has 296 valence electrons. The fourth-order valence-electron chi connectivity index (χ4n) is 5.86. The quantitative estimate of drug-likeness (QED) is 0.0867. The average molecular weight is 830 g/mol. The van der Waals surface area contributed by atoms with Crippen LogP contribution >= 0.6 is 0 Å². The van der Waals surface area contributed by atoms with Crippen molar-refractivity contribution < 1.29 is 84.2 Å². The zero-order chi connectivity index (χ0) is 42.1. The van der Waals surface area contributed by atoms with E-state index in [2.05, 4.69) is 0 Å². The van der Waals surface area contributed by atoms with E-state index < -0.39 is 161 Å². The molecule has 0 heterocycles. The van der Waals surface area contributed by atoms with E-state index in [1.807, 2.05) is 0 Å². The first-order chi connectivity index (χ1) is 27.4. The van der Waals surface area contributed by atoms with Crippen molar-refractivity contribution in [1.82, 2.24) is 0 Å². The second-order valence-corrected chi connectivity index (χ2v) is 11.9. The minimum atomic E-state index is -3.27. The molecule has 0 N–H and O–H groups in total. The summed E-state index contributed by atoms with van der Waals surface area (Å²) in [5, 5.41) is -6.44. The van der Waals surface area contributed by atoms with Gasteiger partial charge in [-0.25, -0.2) is 57.1 Å². The molecule has 20 heteroatoms. The normalized spacial score (nSPS) is 11.4. The lowest BCUT2D eigenvalue weighted by Gasteiger charge is -2.21. The SMILES string of the molecule is Fc1ccc(F)c(-c2cc3c(OB(Oc4cccc(F)c4F)Oc4c(F)c(F)c(F)c5c(F)c(F)c(-c6cc(F)ccc6F)cc45)c(F)c(F)c(F)c3c(F)c2F)c1. The van der Waals surface area contributed by atoms with Crippen LogP contribution in [-0.4, -0.2) is 7.32 Å². The van der Waals surface area contributed by atoms with Crippen LogP contribution in [0.15, 0.2) is 66.7 Å². The molecule has 0 aliphatic heterocycles. The number of halogens is 16. The van der Waals surface area contributed by atoms with E-state index in [1.54, 1.807) is 0 Å². The molecule has 7 aromatic carbocycles. The van der Waals surface area contributed by atoms with E-state index in [0.717, 1.165) is 6.07 Å². The number of hydrogen-bond acceptors (Lipinski definition) is 3. The van der Waals surface area contributed by atoms with E-state index >= 15 is 43.9 Å². The van der Waals surface area contributed by atoms with Gasteiger partial charge in [0.25, 0.3) is 0 Å². The van der Waals surface area contributed by atoms with Crippen LogP contribution in [0.3, 0.4) is 0 Å². The Hall–Kier alpha value is -6.60. The summed E-state index contributed by atoms with van der Waals surface area (Å²) in [7, 11) is -3.27. The molecule has 0 aromatic heterocycles. The van der Waals surface area contributed by atoms with Crippen molar-refractivity contribution in [3.05, 3.63) is 160 Å². The predicted octanol–water partition coefficient (Wildman–Crippen LogP) is 12.1. The summed E-state index contributed by atoms with van der Waals surface area (Å²) in [6.07, 6.45) is 0. The van der Waals surface area contributed by atoms with Crippen molar-refractivity contribution in [2.24, 2.45) is 0 Å². The molecular formula is C38H11BF16O3. The standard InChI is InChI=1S/C38H11BF16O3/c40-12-4-6-20(42)14(8-12)16-10-18-24(29(48)26(16)45)31(50)33(52)35(54)37(18)57-39(56-23-3-1-2-22(44)28(23)47)58-38-19-11-17(15-9-13(41)5-7-21(15)43)27(46)30(49)25(19)32(51)34(53)36(38)55/h1-11H. The predicted molar refractivity (Wildman–Crippen MR) is 172 cm³/mol. The summed E-state index contributed by atoms with van der Waals surface area (Å²) >= 11 is 0. The monoisotopic (exact) mass is 830 g/mol. The van der Waals surface area contributed by atoms with E-state index in [4.69, 9.17) is 14.0 Å². The Morgan fingerprint density at radius 2 is 0.741 bits per heavy atom. The Balaban J connectivity index is 1.50. The van der Waals surface area contributed by atoms with Crippen LogP contribution in [0.25, 0.3) is 43.8 Å². The highest BCUT2D eigenvalue weighted by Crippen LogP contribution is 2.43. The van der Waals surface area contributed by atoms with E-state index in [1.165, 1.54) is 0 Å². The maximum atomic E-state index is 15.7. The third-order valence-corrected chi connectivity index (χ3v) is 8.52. The third-order valence-electron chi connectivity index (χ3n) is 8.52. The molecule has 0 unspecified atom stereocenters. The molecule has 0 radical (unpaired) electrons. The molecule has 0 atom stereocenters. The second-order valence-electron chi connectivity index (χ2n) is 11.9. The summed E-state index contributed by atoms with van der Waals surface area (Å²) in [5.74, 6) is -38.4. The van der Waals surface area contributed by atoms with Crippen LogP contribution in [0.1, 0.15) is 0 Å². The molecule has 0 aliphatic carbocycles. The van der Waals surface area contributed by atoms with Gasteiger partial charge in [-0.2, -0.15) is 13.2 Å². The summed E-state index contributed by atoms with van der Waals surface area (Å²) in [6, 6.07) is 4.76. The second kappa shape index (κ2) is 14.7. The fourth-order valence-corrected chi connectivity index (χ4v) is 5.86. The minimum Gasteiger partial charge on any atom is -0.487 e. The summed E-state index contributed by atoms with van der Waals surface area (Å²) in [5.41, 5.74) is -4.76. The summed E-state index contributed by atoms with van der Waals surface area (Å²) in [4.78, 5) is 0. The van der Waals surface area contributed by atoms with Crippen molar-refractivity contribution >= 4 is 28.9 Å². The first kappa shape index (κ1) is 39.6. The third kappa shape index (κ3) is 6.50. The summed E-state index contributed by atoms with van der Waals surface area (Å²) < 4.78 is 255. The highest BCUT2D eigenvalue weighted by atomic mass is 19.2. The van der Waals surface area contributed by atoms with Gasteiger partial charge in [-0.1, -0.05) is 6.07 Å². The maximum Gasteiger partial charge on any atom is 0.864 e. The van der Waals surface area contributed by atoms with Gasteiger partial charge < -0.3 is 14.0 Å². The number of benzene rings is 7. The summed E-state index contributed by atoms with van der Waals surface area (Å²) in [6.45, 7) is 0. The number of hydrogen-bond donors (Lipinski definition) is 0. The molecule has 0 saturated heterocycles. The van der Waals surface area contributed by atoms with Gasteiger partial charge >= 0.3 is 7.32 Å². The maximum absolute atomic E-state index is 15.7. The smallest absolute Gasteiger partial charge is 0.487 e. The molecule has 7 rings (SSSR count). The molecule has 0 bridgehead atoms. The zero-order valence-electron chi connectivity index (χ0n) is 27.7. The lowest BCUT2D eigenvalue weighted by Crippen LogP contribution is -2.38. The topological polar surface area (TPSA) is 27.7 Å². The Bertz CT molecular complexity index is 2700. The van der Waals surface area contributed by atoms with Crippen molar-refractivity contribution in [1.29, 1.82) is 0 Å². The van der Waals surface area contributed by atoms with Crippen molar-refractivity contribution in [2.45, 2.75) is 0 Å². The van der Waals surface area contributed by atoms with E-state index in [-0.39, 0.29) is 12.1 Å². The van der Waals surface area contributed by atoms with Gasteiger partial charge in [0, 0.05) is 33.0 Å². The van der Waals surface area contributed by atoms with Gasteiger partial charge in [-0.15, -0.1) is 0 Å². The van der Waals surface area contributed by atoms with Gasteiger partial charge in [0.05, 0.1) is 10.8 Å². The van der Waals surface area contributed by atoms with Crippen molar-refractivity contribution in [3.63, 3.8) is 0 Å². The molecule has 7 aromatic rings. The van der Waals surface area contributed by atoms with Crippen LogP contribution in [0.2, 0.25) is 0 Å². The lowest BCUT2D eigenvalue weighted by atomic mass is 9.97. The molecule has 58 heavy (non-hydrogen) atoms. The van der Waals surface area contributed by atoms with Gasteiger partial charge in [-0.05, 0) is 60.7 Å². The van der Waals surface area contributed by atoms with E-state index in [9.17, 15) is 26.3 Å². The largest absolute Gasteiger partial charge is 0.864 e. The van der Waals surface area contributed by atoms with Gasteiger partial charge in [-0.3, -0.25) is 0 Å². The fraction of sp³-hybridized carbons (Fsp3) is 0. The number of fused-ring (bicyclic) bond motifs is 2. The van der Waals surface area contributed by atoms with Crippen LogP contribution in [-0.2, 0) is 0 Å². The molecule has 0 saturated carbocycles. The highest BCUT2D eigenvalue weighted by molar-refractivity contribution is 6.40. The van der Waals surface area contributed by atoms with Crippen molar-refractivity contribution in [3.8, 4) is 39.5 Å². The van der Waals surface area contributed by atoms with Crippen molar-refractivity contribution in [2.75, 3.05) is 0 Å². The highest BCUT2D eigenvalue weighted by Gasteiger charge is 2.39. The Morgan fingerprint density at radius 3 is 1.17 bits per heavy atom. The number of rotatable bonds is 8. The first-order valence-corrected chi connectivity index (χ1v) is 15.7. The van der Waals surface area contributed by atoms with Crippen LogP contribution < -0.4 is 14.0 Å². The molecule has 0 fully saturated rings. The Kier molecular flexibility index (Phi) is 10.1. The van der Waals surface area contributed by atoms with Crippen LogP contribution in [0, 0.1) is 93.1 Å². The van der Waals surface area contributed by atoms with Crippen LogP contribution in [0.5, 0.6) is 17.2 Å². The molecule has 3 nitrogen and oxygen atoms in total. The molecular weight excluding hydrogens is 819 g/mol. The Morgan fingerprint density at radius 1 is 0.328 bits per heavy atom. The first-order valence-electron chi connectivity index (χ1n) is 15.7. The average Bonchev–Trinajstić information content (AvgIpc) is 3.19. The molecule has 0 amide bonds. The van der Waals surface area contributed by atoms with Gasteiger partial charge in [0.1, 0.15) is 29.0 Å². The lowest BCUT2D eigenvalue weighted by molar-refractivity contribution is 0.282. The zero-order valence-corrected chi connectivity index (χ0v) is 27.7. The van der Waals surface area contributed by atoms with E-state index in [0.29, 0.717) is 48.5 Å². The van der Waals surface area contributed by atoms with Crippen LogP contribution in [0.4, 0.5) is 70.2 Å². The minimum absolute atomic E-state index is 0.192. The van der Waals surface area contributed by atoms with Gasteiger partial charge in [0.2, 0.25) is 11.6 Å².